The molecule has 2 heterocycles. The molecule has 0 bridgehead atoms. The van der Waals surface area contributed by atoms with Gasteiger partial charge in [0.25, 0.3) is 0 Å². The molecular formula is C28H30N4. The number of para-hydroxylation sites is 2. The molecule has 1 aliphatic heterocycles. The highest BCUT2D eigenvalue weighted by Gasteiger charge is 2.17. The number of hydrogen-bond acceptors (Lipinski definition) is 3. The molecule has 0 saturated carbocycles. The van der Waals surface area contributed by atoms with Crippen LogP contribution in [-0.2, 0) is 6.42 Å². The van der Waals surface area contributed by atoms with Crippen molar-refractivity contribution in [1.29, 1.82) is 0 Å². The molecule has 4 aromatic rings. The molecule has 1 aromatic heterocycles. The fourth-order valence-corrected chi connectivity index (χ4v) is 4.49. The molecule has 0 N–H and O–H groups in total. The average Bonchev–Trinajstić information content (AvgIpc) is 3.30. The number of rotatable bonds is 7. The van der Waals surface area contributed by atoms with E-state index in [2.05, 4.69) is 105 Å². The highest BCUT2D eigenvalue weighted by atomic mass is 15.3. The summed E-state index contributed by atoms with van der Waals surface area (Å²) in [6.07, 6.45) is 2.13. The number of piperazine rings is 1. The van der Waals surface area contributed by atoms with Crippen molar-refractivity contribution in [3.63, 3.8) is 0 Å². The first-order chi connectivity index (χ1) is 15.9. The molecule has 0 amide bonds. The van der Waals surface area contributed by atoms with Crippen LogP contribution >= 0.6 is 0 Å². The Hall–Kier alpha value is -3.37. The van der Waals surface area contributed by atoms with Crippen molar-refractivity contribution in [2.45, 2.75) is 12.8 Å². The molecule has 1 aliphatic rings. The smallest absolute Gasteiger partial charge is 0.0743 e. The third-order valence-electron chi connectivity index (χ3n) is 6.23. The van der Waals surface area contributed by atoms with E-state index in [4.69, 9.17) is 5.10 Å². The Labute approximate surface area is 190 Å². The van der Waals surface area contributed by atoms with E-state index < -0.39 is 0 Å². The normalized spacial score (nSPS) is 14.6. The summed E-state index contributed by atoms with van der Waals surface area (Å²) in [6.45, 7) is 5.59. The van der Waals surface area contributed by atoms with Crippen LogP contribution in [0.15, 0.2) is 97.1 Å². The van der Waals surface area contributed by atoms with E-state index in [9.17, 15) is 0 Å². The molecule has 3 aromatic carbocycles. The Kier molecular flexibility index (Phi) is 6.31. The van der Waals surface area contributed by atoms with Crippen molar-refractivity contribution in [2.24, 2.45) is 0 Å². The largest absolute Gasteiger partial charge is 0.369 e. The minimum absolute atomic E-state index is 0.999. The Balaban J connectivity index is 1.21. The summed E-state index contributed by atoms with van der Waals surface area (Å²) >= 11 is 0. The zero-order valence-electron chi connectivity index (χ0n) is 18.5. The van der Waals surface area contributed by atoms with Gasteiger partial charge in [-0.1, -0.05) is 66.7 Å². The van der Waals surface area contributed by atoms with Crippen LogP contribution in [0.2, 0.25) is 0 Å². The fraction of sp³-hybridized carbons (Fsp3) is 0.250. The summed E-state index contributed by atoms with van der Waals surface area (Å²) in [7, 11) is 0. The Morgan fingerprint density at radius 1 is 0.656 bits per heavy atom. The van der Waals surface area contributed by atoms with Crippen LogP contribution in [0.5, 0.6) is 0 Å². The molecule has 4 nitrogen and oxygen atoms in total. The lowest BCUT2D eigenvalue weighted by Gasteiger charge is -2.36. The van der Waals surface area contributed by atoms with E-state index in [0.29, 0.717) is 0 Å². The number of hydrogen-bond donors (Lipinski definition) is 0. The second kappa shape index (κ2) is 9.84. The first kappa shape index (κ1) is 20.5. The van der Waals surface area contributed by atoms with Gasteiger partial charge in [0.2, 0.25) is 0 Å². The molecule has 162 valence electrons. The fourth-order valence-electron chi connectivity index (χ4n) is 4.49. The molecule has 1 saturated heterocycles. The van der Waals surface area contributed by atoms with E-state index in [1.54, 1.807) is 0 Å². The number of aromatic nitrogens is 2. The van der Waals surface area contributed by atoms with Crippen LogP contribution in [-0.4, -0.2) is 47.4 Å². The number of nitrogens with zero attached hydrogens (tertiary/aromatic N) is 4. The van der Waals surface area contributed by atoms with Gasteiger partial charge >= 0.3 is 0 Å². The van der Waals surface area contributed by atoms with Crippen LogP contribution in [0.25, 0.3) is 16.9 Å². The highest BCUT2D eigenvalue weighted by molar-refractivity contribution is 5.62. The van der Waals surface area contributed by atoms with Gasteiger partial charge in [-0.2, -0.15) is 5.10 Å². The summed E-state index contributed by atoms with van der Waals surface area (Å²) in [5.74, 6) is 0. The molecule has 5 rings (SSSR count). The Morgan fingerprint density at radius 3 is 1.91 bits per heavy atom. The molecule has 0 spiro atoms. The topological polar surface area (TPSA) is 24.3 Å². The first-order valence-corrected chi connectivity index (χ1v) is 11.6. The van der Waals surface area contributed by atoms with E-state index in [-0.39, 0.29) is 0 Å². The molecular weight excluding hydrogens is 392 g/mol. The van der Waals surface area contributed by atoms with Gasteiger partial charge in [0.1, 0.15) is 0 Å². The van der Waals surface area contributed by atoms with Crippen molar-refractivity contribution < 1.29 is 0 Å². The molecule has 4 heteroatoms. The maximum absolute atomic E-state index is 4.98. The quantitative estimate of drug-likeness (QED) is 0.404. The van der Waals surface area contributed by atoms with Crippen molar-refractivity contribution >= 4 is 5.69 Å². The van der Waals surface area contributed by atoms with Crippen LogP contribution in [0.3, 0.4) is 0 Å². The molecule has 1 fully saturated rings. The minimum Gasteiger partial charge on any atom is -0.369 e. The lowest BCUT2D eigenvalue weighted by Crippen LogP contribution is -2.46. The van der Waals surface area contributed by atoms with Crippen LogP contribution in [0.4, 0.5) is 5.69 Å². The van der Waals surface area contributed by atoms with E-state index in [0.717, 1.165) is 62.6 Å². The predicted molar refractivity (Wildman–Crippen MR) is 132 cm³/mol. The summed E-state index contributed by atoms with van der Waals surface area (Å²) in [5.41, 5.74) is 5.97. The highest BCUT2D eigenvalue weighted by Crippen LogP contribution is 2.24. The zero-order valence-corrected chi connectivity index (χ0v) is 18.5. The van der Waals surface area contributed by atoms with Crippen molar-refractivity contribution in [3.8, 4) is 16.9 Å². The molecule has 0 aliphatic carbocycles. The van der Waals surface area contributed by atoms with Crippen molar-refractivity contribution in [1.82, 2.24) is 14.7 Å². The molecule has 0 radical (unpaired) electrons. The standard InChI is InChI=1S/C28H30N4/c1-4-11-24(12-5-1)28-23-25(29-32(28)27-16-8-3-9-17-27)13-10-18-30-19-21-31(22-20-30)26-14-6-2-7-15-26/h1-9,11-12,14-17,23H,10,13,18-22H2. The summed E-state index contributed by atoms with van der Waals surface area (Å²) < 4.78 is 2.09. The number of anilines is 1. The van der Waals surface area contributed by atoms with E-state index >= 15 is 0 Å². The number of aryl methyl sites for hydroxylation is 1. The monoisotopic (exact) mass is 422 g/mol. The second-order valence-corrected chi connectivity index (χ2v) is 8.40. The van der Waals surface area contributed by atoms with Gasteiger partial charge < -0.3 is 4.90 Å². The van der Waals surface area contributed by atoms with Gasteiger partial charge in [-0.3, -0.25) is 4.90 Å². The SMILES string of the molecule is c1ccc(-c2cc(CCCN3CCN(c4ccccc4)CC3)nn2-c2ccccc2)cc1. The maximum atomic E-state index is 4.98. The summed E-state index contributed by atoms with van der Waals surface area (Å²) in [5, 5.41) is 4.98. The Morgan fingerprint density at radius 2 is 1.25 bits per heavy atom. The van der Waals surface area contributed by atoms with Gasteiger partial charge in [0, 0.05) is 37.4 Å². The Bertz CT molecular complexity index is 1040. The van der Waals surface area contributed by atoms with Crippen LogP contribution in [0.1, 0.15) is 12.1 Å². The van der Waals surface area contributed by atoms with Gasteiger partial charge in [-0.15, -0.1) is 0 Å². The van der Waals surface area contributed by atoms with Gasteiger partial charge in [-0.25, -0.2) is 4.68 Å². The lowest BCUT2D eigenvalue weighted by atomic mass is 10.1. The van der Waals surface area contributed by atoms with Crippen molar-refractivity contribution in [3.05, 3.63) is 103 Å². The maximum Gasteiger partial charge on any atom is 0.0743 e. The van der Waals surface area contributed by atoms with Gasteiger partial charge in [0.15, 0.2) is 0 Å². The molecule has 0 atom stereocenters. The summed E-state index contributed by atoms with van der Waals surface area (Å²) in [6, 6.07) is 34.0. The molecule has 32 heavy (non-hydrogen) atoms. The first-order valence-electron chi connectivity index (χ1n) is 11.6. The second-order valence-electron chi connectivity index (χ2n) is 8.40. The van der Waals surface area contributed by atoms with Crippen molar-refractivity contribution in [2.75, 3.05) is 37.6 Å². The zero-order chi connectivity index (χ0) is 21.6. The minimum atomic E-state index is 0.999. The van der Waals surface area contributed by atoms with E-state index in [1.807, 2.05) is 6.07 Å². The third kappa shape index (κ3) is 4.76. The summed E-state index contributed by atoms with van der Waals surface area (Å²) in [4.78, 5) is 5.08. The predicted octanol–water partition coefficient (Wildman–Crippen LogP) is 5.29. The van der Waals surface area contributed by atoms with Crippen LogP contribution in [0, 0.1) is 0 Å². The number of benzene rings is 3. The van der Waals surface area contributed by atoms with Crippen LogP contribution < -0.4 is 4.90 Å². The van der Waals surface area contributed by atoms with Gasteiger partial charge in [-0.05, 0) is 49.7 Å². The van der Waals surface area contributed by atoms with Gasteiger partial charge in [0.05, 0.1) is 17.1 Å². The molecule has 0 unspecified atom stereocenters. The third-order valence-corrected chi connectivity index (χ3v) is 6.23. The van der Waals surface area contributed by atoms with E-state index in [1.165, 1.54) is 11.3 Å². The lowest BCUT2D eigenvalue weighted by molar-refractivity contribution is 0.255. The average molecular weight is 423 g/mol.